The molecule has 0 spiro atoms. The van der Waals surface area contributed by atoms with Crippen LogP contribution in [0.15, 0.2) is 53.4 Å². The van der Waals surface area contributed by atoms with Crippen molar-refractivity contribution in [1.82, 2.24) is 4.90 Å². The summed E-state index contributed by atoms with van der Waals surface area (Å²) < 4.78 is 13.9. The summed E-state index contributed by atoms with van der Waals surface area (Å²) in [7, 11) is 0. The van der Waals surface area contributed by atoms with Crippen molar-refractivity contribution in [3.63, 3.8) is 0 Å². The van der Waals surface area contributed by atoms with Crippen LogP contribution in [0.5, 0.6) is 0 Å². The van der Waals surface area contributed by atoms with Crippen molar-refractivity contribution in [3.05, 3.63) is 70.4 Å². The summed E-state index contributed by atoms with van der Waals surface area (Å²) in [6, 6.07) is 11.7. The van der Waals surface area contributed by atoms with E-state index in [0.29, 0.717) is 0 Å². The second-order valence-corrected chi connectivity index (χ2v) is 7.35. The summed E-state index contributed by atoms with van der Waals surface area (Å²) >= 11 is 6.10. The SMILES string of the molecule is O=C(CN1C(=O)/C(=C\c2ccccc2F)SC1=S)Nc1ccccc1C(=O)[O-]. The van der Waals surface area contributed by atoms with Crippen molar-refractivity contribution >= 4 is 57.8 Å². The number of carbonyl (C=O) groups is 3. The molecule has 0 aromatic heterocycles. The third-order valence-electron chi connectivity index (χ3n) is 3.79. The average molecular weight is 415 g/mol. The number of nitrogens with zero attached hydrogens (tertiary/aromatic N) is 1. The molecule has 3 rings (SSSR count). The standard InChI is InChI=1S/C19H13FN2O4S2/c20-13-7-3-1-5-11(13)9-15-17(24)22(19(27)28-15)10-16(23)21-14-8-4-2-6-12(14)18(25)26/h1-9H,10H2,(H,21,23)(H,25,26)/p-1/b15-9+. The summed E-state index contributed by atoms with van der Waals surface area (Å²) in [5.74, 6) is -3.07. The second kappa shape index (κ2) is 8.32. The van der Waals surface area contributed by atoms with E-state index in [2.05, 4.69) is 5.32 Å². The lowest BCUT2D eigenvalue weighted by atomic mass is 10.2. The van der Waals surface area contributed by atoms with Gasteiger partial charge in [0.05, 0.1) is 10.9 Å². The maximum absolute atomic E-state index is 13.8. The molecule has 2 amide bonds. The Hall–Kier alpha value is -3.04. The van der Waals surface area contributed by atoms with Crippen molar-refractivity contribution < 1.29 is 23.9 Å². The fraction of sp³-hybridized carbons (Fsp3) is 0.0526. The number of anilines is 1. The number of amides is 2. The average Bonchev–Trinajstić information content (AvgIpc) is 2.91. The summed E-state index contributed by atoms with van der Waals surface area (Å²) in [6.45, 7) is -0.402. The molecule has 6 nitrogen and oxygen atoms in total. The fourth-order valence-electron chi connectivity index (χ4n) is 2.47. The van der Waals surface area contributed by atoms with Crippen molar-refractivity contribution in [2.75, 3.05) is 11.9 Å². The van der Waals surface area contributed by atoms with E-state index >= 15 is 0 Å². The zero-order chi connectivity index (χ0) is 20.3. The van der Waals surface area contributed by atoms with E-state index in [1.165, 1.54) is 42.5 Å². The Bertz CT molecular complexity index is 1020. The molecule has 142 valence electrons. The number of para-hydroxylation sites is 1. The Kier molecular flexibility index (Phi) is 5.86. The van der Waals surface area contributed by atoms with Gasteiger partial charge in [-0.2, -0.15) is 0 Å². The molecule has 1 saturated heterocycles. The third kappa shape index (κ3) is 4.26. The zero-order valence-corrected chi connectivity index (χ0v) is 15.8. The number of carboxylic acids is 1. The number of thioether (sulfide) groups is 1. The van der Waals surface area contributed by atoms with Gasteiger partial charge in [0, 0.05) is 16.8 Å². The number of nitrogens with one attached hydrogen (secondary N) is 1. The van der Waals surface area contributed by atoms with E-state index in [1.54, 1.807) is 12.1 Å². The van der Waals surface area contributed by atoms with Crippen molar-refractivity contribution in [2.24, 2.45) is 0 Å². The van der Waals surface area contributed by atoms with Crippen molar-refractivity contribution in [1.29, 1.82) is 0 Å². The quantitative estimate of drug-likeness (QED) is 0.594. The first kappa shape index (κ1) is 19.7. The minimum atomic E-state index is -1.44. The largest absolute Gasteiger partial charge is 0.545 e. The normalized spacial score (nSPS) is 15.2. The molecule has 1 aliphatic rings. The monoisotopic (exact) mass is 415 g/mol. The number of carboxylic acid groups (broad SMARTS) is 1. The molecular formula is C19H12FN2O4S2-. The number of halogens is 1. The maximum Gasteiger partial charge on any atom is 0.266 e. The zero-order valence-electron chi connectivity index (χ0n) is 14.2. The fourth-order valence-corrected chi connectivity index (χ4v) is 3.72. The van der Waals surface area contributed by atoms with Crippen LogP contribution >= 0.6 is 24.0 Å². The van der Waals surface area contributed by atoms with Crippen LogP contribution in [0, 0.1) is 5.82 Å². The van der Waals surface area contributed by atoms with E-state index in [4.69, 9.17) is 12.2 Å². The minimum absolute atomic E-state index is 0.0554. The number of rotatable bonds is 5. The summed E-state index contributed by atoms with van der Waals surface area (Å²) in [5, 5.41) is 13.5. The Morgan fingerprint density at radius 2 is 1.86 bits per heavy atom. The smallest absolute Gasteiger partial charge is 0.266 e. The van der Waals surface area contributed by atoms with Crippen LogP contribution in [0.1, 0.15) is 15.9 Å². The molecular weight excluding hydrogens is 403 g/mol. The highest BCUT2D eigenvalue weighted by molar-refractivity contribution is 8.26. The van der Waals surface area contributed by atoms with Crippen LogP contribution in [0.3, 0.4) is 0 Å². The molecule has 0 saturated carbocycles. The van der Waals surface area contributed by atoms with E-state index < -0.39 is 30.1 Å². The first-order valence-electron chi connectivity index (χ1n) is 7.97. The molecule has 0 bridgehead atoms. The predicted molar refractivity (Wildman–Crippen MR) is 106 cm³/mol. The molecule has 0 radical (unpaired) electrons. The van der Waals surface area contributed by atoms with E-state index in [1.807, 2.05) is 0 Å². The van der Waals surface area contributed by atoms with E-state index in [-0.39, 0.29) is 26.0 Å². The van der Waals surface area contributed by atoms with Gasteiger partial charge in [-0.15, -0.1) is 0 Å². The molecule has 0 atom stereocenters. The van der Waals surface area contributed by atoms with Gasteiger partial charge in [0.15, 0.2) is 0 Å². The van der Waals surface area contributed by atoms with Crippen LogP contribution in [0.25, 0.3) is 6.08 Å². The van der Waals surface area contributed by atoms with Gasteiger partial charge in [0.25, 0.3) is 5.91 Å². The summed E-state index contributed by atoms with van der Waals surface area (Å²) in [6.07, 6.45) is 1.37. The second-order valence-electron chi connectivity index (χ2n) is 5.67. The molecule has 1 N–H and O–H groups in total. The molecule has 28 heavy (non-hydrogen) atoms. The lowest BCUT2D eigenvalue weighted by Crippen LogP contribution is -2.36. The number of thiocarbonyl (C=S) groups is 1. The van der Waals surface area contributed by atoms with Gasteiger partial charge in [-0.25, -0.2) is 4.39 Å². The summed E-state index contributed by atoms with van der Waals surface area (Å²) in [5.41, 5.74) is 0.107. The number of hydrogen-bond acceptors (Lipinski definition) is 6. The summed E-state index contributed by atoms with van der Waals surface area (Å²) in [4.78, 5) is 37.2. The molecule has 1 aliphatic heterocycles. The van der Waals surface area contributed by atoms with Crippen molar-refractivity contribution in [3.8, 4) is 0 Å². The molecule has 2 aromatic rings. The third-order valence-corrected chi connectivity index (χ3v) is 5.17. The van der Waals surface area contributed by atoms with Gasteiger partial charge in [0.2, 0.25) is 5.91 Å². The lowest BCUT2D eigenvalue weighted by Gasteiger charge is -2.16. The van der Waals surface area contributed by atoms with Gasteiger partial charge >= 0.3 is 0 Å². The predicted octanol–water partition coefficient (Wildman–Crippen LogP) is 2.03. The lowest BCUT2D eigenvalue weighted by molar-refractivity contribution is -0.254. The highest BCUT2D eigenvalue weighted by Gasteiger charge is 2.33. The highest BCUT2D eigenvalue weighted by Crippen LogP contribution is 2.32. The molecule has 2 aromatic carbocycles. The highest BCUT2D eigenvalue weighted by atomic mass is 32.2. The van der Waals surface area contributed by atoms with Gasteiger partial charge in [-0.1, -0.05) is 60.4 Å². The number of benzene rings is 2. The molecule has 1 fully saturated rings. The molecule has 0 aliphatic carbocycles. The van der Waals surface area contributed by atoms with Crippen molar-refractivity contribution in [2.45, 2.75) is 0 Å². The Morgan fingerprint density at radius 1 is 1.18 bits per heavy atom. The first-order valence-corrected chi connectivity index (χ1v) is 9.19. The Morgan fingerprint density at radius 3 is 2.57 bits per heavy atom. The van der Waals surface area contributed by atoms with Crippen LogP contribution in [0.4, 0.5) is 10.1 Å². The van der Waals surface area contributed by atoms with Crippen LogP contribution < -0.4 is 10.4 Å². The van der Waals surface area contributed by atoms with E-state index in [0.717, 1.165) is 16.7 Å². The molecule has 9 heteroatoms. The van der Waals surface area contributed by atoms with Gasteiger partial charge < -0.3 is 15.2 Å². The van der Waals surface area contributed by atoms with Crippen LogP contribution in [0.2, 0.25) is 0 Å². The first-order chi connectivity index (χ1) is 13.4. The van der Waals surface area contributed by atoms with Crippen LogP contribution in [-0.2, 0) is 9.59 Å². The van der Waals surface area contributed by atoms with Crippen LogP contribution in [-0.4, -0.2) is 33.5 Å². The van der Waals surface area contributed by atoms with Gasteiger partial charge in [-0.3, -0.25) is 14.5 Å². The number of aromatic carboxylic acids is 1. The Balaban J connectivity index is 1.74. The van der Waals surface area contributed by atoms with E-state index in [9.17, 15) is 23.9 Å². The minimum Gasteiger partial charge on any atom is -0.545 e. The van der Waals surface area contributed by atoms with Gasteiger partial charge in [-0.05, 0) is 18.2 Å². The maximum atomic E-state index is 13.8. The Labute approximate surface area is 169 Å². The number of hydrogen-bond donors (Lipinski definition) is 1. The topological polar surface area (TPSA) is 89.5 Å². The molecule has 1 heterocycles. The molecule has 0 unspecified atom stereocenters. The number of carbonyl (C=O) groups excluding carboxylic acids is 3. The van der Waals surface area contributed by atoms with Gasteiger partial charge in [0.1, 0.15) is 16.7 Å².